The van der Waals surface area contributed by atoms with Crippen LogP contribution in [-0.2, 0) is 0 Å². The molecule has 8 heteroatoms. The topological polar surface area (TPSA) is 101 Å². The molecule has 0 atom stereocenters. The number of aromatic amines is 1. The zero-order valence-electron chi connectivity index (χ0n) is 8.88. The molecule has 1 aromatic heterocycles. The van der Waals surface area contributed by atoms with Gasteiger partial charge in [0.05, 0.1) is 0 Å². The molecule has 0 radical (unpaired) electrons. The molecule has 0 aliphatic carbocycles. The number of H-pyrrole nitrogens is 1. The molecule has 92 valence electrons. The number of hydrogen-bond donors (Lipinski definition) is 2. The molecule has 0 fully saturated rings. The highest BCUT2D eigenvalue weighted by Crippen LogP contribution is 2.25. The smallest absolute Gasteiger partial charge is 0.357 e. The maximum atomic E-state index is 11.8. The Balaban J connectivity index is 2.22. The Kier molecular flexibility index (Phi) is 3.38. The van der Waals surface area contributed by atoms with Crippen molar-refractivity contribution in [2.45, 2.75) is 0 Å². The van der Waals surface area contributed by atoms with E-state index in [1.54, 1.807) is 24.3 Å². The second kappa shape index (κ2) is 4.96. The van der Waals surface area contributed by atoms with E-state index in [4.69, 9.17) is 0 Å². The normalized spacial score (nSPS) is 10.1. The molecular formula is C10H7BrN4O3. The molecule has 18 heavy (non-hydrogen) atoms. The van der Waals surface area contributed by atoms with Gasteiger partial charge in [-0.2, -0.15) is 0 Å². The third-order valence-corrected chi connectivity index (χ3v) is 2.87. The van der Waals surface area contributed by atoms with Crippen molar-refractivity contribution in [1.29, 1.82) is 0 Å². The number of nitrogens with one attached hydrogen (secondary N) is 2. The Labute approximate surface area is 109 Å². The number of halogens is 1. The molecule has 0 unspecified atom stereocenters. The highest BCUT2D eigenvalue weighted by atomic mass is 79.9. The van der Waals surface area contributed by atoms with Crippen molar-refractivity contribution in [3.05, 3.63) is 50.6 Å². The molecule has 0 saturated heterocycles. The number of hydrogen-bond acceptors (Lipinski definition) is 4. The van der Waals surface area contributed by atoms with E-state index in [1.807, 2.05) is 6.07 Å². The molecule has 0 spiro atoms. The van der Waals surface area contributed by atoms with Gasteiger partial charge < -0.3 is 15.4 Å². The van der Waals surface area contributed by atoms with Crippen LogP contribution in [0, 0.1) is 10.1 Å². The van der Waals surface area contributed by atoms with E-state index in [0.717, 1.165) is 0 Å². The van der Waals surface area contributed by atoms with Crippen molar-refractivity contribution in [3.63, 3.8) is 0 Å². The predicted molar refractivity (Wildman–Crippen MR) is 67.3 cm³/mol. The second-order valence-corrected chi connectivity index (χ2v) is 4.11. The molecule has 0 aliphatic heterocycles. The average Bonchev–Trinajstić information content (AvgIpc) is 2.72. The summed E-state index contributed by atoms with van der Waals surface area (Å²) in [5, 5.41) is 19.0. The van der Waals surface area contributed by atoms with Crippen LogP contribution in [0.25, 0.3) is 0 Å². The number of nitro groups is 1. The summed E-state index contributed by atoms with van der Waals surface area (Å²) in [6.07, 6.45) is 0. The van der Waals surface area contributed by atoms with Crippen LogP contribution >= 0.6 is 15.9 Å². The van der Waals surface area contributed by atoms with Gasteiger partial charge in [-0.05, 0) is 33.0 Å². The summed E-state index contributed by atoms with van der Waals surface area (Å²) in [4.78, 5) is 21.8. The van der Waals surface area contributed by atoms with Crippen LogP contribution in [0.1, 0.15) is 10.5 Å². The predicted octanol–water partition coefficient (Wildman–Crippen LogP) is 2.33. The number of carbonyl (C=O) groups is 1. The first-order valence-electron chi connectivity index (χ1n) is 4.84. The van der Waals surface area contributed by atoms with Crippen molar-refractivity contribution in [3.8, 4) is 0 Å². The zero-order valence-corrected chi connectivity index (χ0v) is 10.5. The summed E-state index contributed by atoms with van der Waals surface area (Å²) in [5.74, 6) is -0.884. The van der Waals surface area contributed by atoms with Gasteiger partial charge in [0.15, 0.2) is 5.69 Å². The quantitative estimate of drug-likeness (QED) is 0.671. The van der Waals surface area contributed by atoms with Gasteiger partial charge in [-0.3, -0.25) is 4.79 Å². The minimum Gasteiger partial charge on any atom is -0.358 e. The van der Waals surface area contributed by atoms with Gasteiger partial charge in [0.2, 0.25) is 0 Å². The number of carbonyl (C=O) groups excluding carboxylic acids is 1. The minimum atomic E-state index is -0.656. The zero-order chi connectivity index (χ0) is 13.1. The third kappa shape index (κ3) is 2.38. The van der Waals surface area contributed by atoms with Gasteiger partial charge in [0.25, 0.3) is 5.91 Å². The van der Waals surface area contributed by atoms with Crippen molar-refractivity contribution in [2.75, 3.05) is 5.32 Å². The number of benzene rings is 1. The molecule has 0 aliphatic rings. The lowest BCUT2D eigenvalue weighted by atomic mass is 10.3. The van der Waals surface area contributed by atoms with E-state index < -0.39 is 10.8 Å². The van der Waals surface area contributed by atoms with Gasteiger partial charge in [-0.15, -0.1) is 5.10 Å². The molecule has 2 rings (SSSR count). The SMILES string of the molecule is O=C(Nc1ccccc1)c1n[nH]c([N+](=O)[O-])c1Br. The van der Waals surface area contributed by atoms with Gasteiger partial charge >= 0.3 is 5.82 Å². The molecule has 1 aromatic carbocycles. The van der Waals surface area contributed by atoms with Crippen molar-refractivity contribution in [2.24, 2.45) is 0 Å². The molecule has 1 amide bonds. The first-order chi connectivity index (χ1) is 8.59. The molecule has 7 nitrogen and oxygen atoms in total. The van der Waals surface area contributed by atoms with E-state index in [1.165, 1.54) is 0 Å². The van der Waals surface area contributed by atoms with Crippen LogP contribution in [0.4, 0.5) is 11.5 Å². The highest BCUT2D eigenvalue weighted by Gasteiger charge is 2.24. The van der Waals surface area contributed by atoms with E-state index in [-0.39, 0.29) is 16.0 Å². The Hall–Kier alpha value is -2.22. The first-order valence-corrected chi connectivity index (χ1v) is 5.63. The summed E-state index contributed by atoms with van der Waals surface area (Å²) >= 11 is 2.97. The Bertz CT molecular complexity index is 596. The van der Waals surface area contributed by atoms with Crippen molar-refractivity contribution < 1.29 is 9.72 Å². The number of anilines is 1. The van der Waals surface area contributed by atoms with Crippen LogP contribution in [0.15, 0.2) is 34.8 Å². The Morgan fingerprint density at radius 1 is 1.39 bits per heavy atom. The van der Waals surface area contributed by atoms with Gasteiger partial charge in [0.1, 0.15) is 4.47 Å². The minimum absolute atomic E-state index is 0.0286. The van der Waals surface area contributed by atoms with Crippen molar-refractivity contribution in [1.82, 2.24) is 10.2 Å². The lowest BCUT2D eigenvalue weighted by Crippen LogP contribution is -2.12. The average molecular weight is 311 g/mol. The Morgan fingerprint density at radius 2 is 2.06 bits per heavy atom. The lowest BCUT2D eigenvalue weighted by Gasteiger charge is -2.01. The standard InChI is InChI=1S/C10H7BrN4O3/c11-7-8(13-14-9(7)15(17)18)10(16)12-6-4-2-1-3-5-6/h1-5H,(H,12,16)(H,13,14). The molecule has 2 N–H and O–H groups in total. The van der Waals surface area contributed by atoms with Crippen LogP contribution in [0.5, 0.6) is 0 Å². The third-order valence-electron chi connectivity index (χ3n) is 2.12. The lowest BCUT2D eigenvalue weighted by molar-refractivity contribution is -0.390. The fourth-order valence-electron chi connectivity index (χ4n) is 1.30. The summed E-state index contributed by atoms with van der Waals surface area (Å²) < 4.78 is 0.0286. The summed E-state index contributed by atoms with van der Waals surface area (Å²) in [6.45, 7) is 0. The maximum Gasteiger partial charge on any atom is 0.357 e. The van der Waals surface area contributed by atoms with E-state index in [9.17, 15) is 14.9 Å². The van der Waals surface area contributed by atoms with Gasteiger partial charge in [-0.1, -0.05) is 23.3 Å². The Morgan fingerprint density at radius 3 is 2.61 bits per heavy atom. The van der Waals surface area contributed by atoms with Crippen LogP contribution < -0.4 is 5.32 Å². The van der Waals surface area contributed by atoms with Gasteiger partial charge in [0, 0.05) is 5.69 Å². The molecule has 1 heterocycles. The fourth-order valence-corrected chi connectivity index (χ4v) is 1.80. The van der Waals surface area contributed by atoms with E-state index >= 15 is 0 Å². The number of para-hydroxylation sites is 1. The number of amides is 1. The first kappa shape index (κ1) is 12.2. The maximum absolute atomic E-state index is 11.8. The summed E-state index contributed by atoms with van der Waals surface area (Å²) in [7, 11) is 0. The van der Waals surface area contributed by atoms with E-state index in [2.05, 4.69) is 31.4 Å². The highest BCUT2D eigenvalue weighted by molar-refractivity contribution is 9.10. The molecule has 0 saturated carbocycles. The largest absolute Gasteiger partial charge is 0.358 e. The number of rotatable bonds is 3. The monoisotopic (exact) mass is 310 g/mol. The number of nitrogens with zero attached hydrogens (tertiary/aromatic N) is 2. The van der Waals surface area contributed by atoms with Crippen LogP contribution in [0.3, 0.4) is 0 Å². The van der Waals surface area contributed by atoms with Crippen molar-refractivity contribution >= 4 is 33.3 Å². The molecule has 2 aromatic rings. The van der Waals surface area contributed by atoms with Crippen LogP contribution in [-0.4, -0.2) is 21.0 Å². The second-order valence-electron chi connectivity index (χ2n) is 3.31. The van der Waals surface area contributed by atoms with E-state index in [0.29, 0.717) is 5.69 Å². The molecular weight excluding hydrogens is 304 g/mol. The summed E-state index contributed by atoms with van der Waals surface area (Å²) in [6, 6.07) is 8.74. The summed E-state index contributed by atoms with van der Waals surface area (Å²) in [5.41, 5.74) is 0.519. The van der Waals surface area contributed by atoms with Crippen LogP contribution in [0.2, 0.25) is 0 Å². The molecule has 0 bridgehead atoms. The number of aromatic nitrogens is 2. The van der Waals surface area contributed by atoms with Gasteiger partial charge in [-0.25, -0.2) is 0 Å². The fraction of sp³-hybridized carbons (Fsp3) is 0.